The van der Waals surface area contributed by atoms with Crippen LogP contribution in [0.15, 0.2) is 16.5 Å². The molecule has 1 aliphatic heterocycles. The summed E-state index contributed by atoms with van der Waals surface area (Å²) >= 11 is 0. The Bertz CT molecular complexity index is 820. The van der Waals surface area contributed by atoms with E-state index in [4.69, 9.17) is 18.6 Å². The number of benzene rings is 1. The minimum Gasteiger partial charge on any atom is -0.493 e. The van der Waals surface area contributed by atoms with Crippen molar-refractivity contribution in [2.24, 2.45) is 0 Å². The van der Waals surface area contributed by atoms with Crippen LogP contribution in [0, 0.1) is 11.3 Å². The van der Waals surface area contributed by atoms with E-state index in [1.807, 2.05) is 18.2 Å². The van der Waals surface area contributed by atoms with Crippen LogP contribution < -0.4 is 19.1 Å². The van der Waals surface area contributed by atoms with Gasteiger partial charge in [-0.15, -0.1) is 0 Å². The van der Waals surface area contributed by atoms with E-state index in [2.05, 4.69) is 16.0 Å². The molecule has 26 heavy (non-hydrogen) atoms. The standard InChI is InChI=1S/C19H21N3O4/c1-23-15-10-13(11-16(24-2)18(15)25-3)6-7-17-21-14(12-20)19(26-17)22-8-4-5-9-22/h6-7,10-11H,4-5,8-9H2,1-3H3/b7-6+. The zero-order valence-corrected chi connectivity index (χ0v) is 15.1. The van der Waals surface area contributed by atoms with Gasteiger partial charge in [0.15, 0.2) is 11.5 Å². The molecule has 1 aromatic carbocycles. The van der Waals surface area contributed by atoms with Crippen LogP contribution in [0.25, 0.3) is 12.2 Å². The third-order valence-electron chi connectivity index (χ3n) is 4.23. The van der Waals surface area contributed by atoms with Gasteiger partial charge in [-0.3, -0.25) is 0 Å². The SMILES string of the molecule is COc1cc(/C=C/c2nc(C#N)c(N3CCCC3)o2)cc(OC)c1OC. The van der Waals surface area contributed by atoms with Crippen molar-refractivity contribution in [2.45, 2.75) is 12.8 Å². The molecule has 0 atom stereocenters. The Hall–Kier alpha value is -3.14. The lowest BCUT2D eigenvalue weighted by Gasteiger charge is -2.12. The molecule has 1 fully saturated rings. The fourth-order valence-electron chi connectivity index (χ4n) is 2.97. The zero-order chi connectivity index (χ0) is 18.5. The maximum absolute atomic E-state index is 9.30. The number of hydrogen-bond donors (Lipinski definition) is 0. The summed E-state index contributed by atoms with van der Waals surface area (Å²) < 4.78 is 21.8. The summed E-state index contributed by atoms with van der Waals surface area (Å²) in [6.07, 6.45) is 5.75. The molecule has 2 heterocycles. The smallest absolute Gasteiger partial charge is 0.235 e. The number of hydrogen-bond acceptors (Lipinski definition) is 7. The molecule has 136 valence electrons. The lowest BCUT2D eigenvalue weighted by atomic mass is 10.1. The maximum Gasteiger partial charge on any atom is 0.235 e. The predicted octanol–water partition coefficient (Wildman–Crippen LogP) is 3.34. The molecule has 0 saturated carbocycles. The van der Waals surface area contributed by atoms with Crippen molar-refractivity contribution in [2.75, 3.05) is 39.3 Å². The average Bonchev–Trinajstić information content (AvgIpc) is 3.34. The molecule has 1 aliphatic rings. The van der Waals surface area contributed by atoms with Crippen LogP contribution >= 0.6 is 0 Å². The van der Waals surface area contributed by atoms with Crippen molar-refractivity contribution in [1.82, 2.24) is 4.98 Å². The van der Waals surface area contributed by atoms with E-state index < -0.39 is 0 Å². The topological polar surface area (TPSA) is 80.8 Å². The first-order valence-corrected chi connectivity index (χ1v) is 8.34. The van der Waals surface area contributed by atoms with Crippen LogP contribution in [0.5, 0.6) is 17.2 Å². The highest BCUT2D eigenvalue weighted by atomic mass is 16.5. The van der Waals surface area contributed by atoms with Gasteiger partial charge in [-0.05, 0) is 36.6 Å². The highest BCUT2D eigenvalue weighted by Gasteiger charge is 2.21. The zero-order valence-electron chi connectivity index (χ0n) is 15.1. The van der Waals surface area contributed by atoms with E-state index in [1.165, 1.54) is 0 Å². The molecule has 0 aliphatic carbocycles. The summed E-state index contributed by atoms with van der Waals surface area (Å²) in [6, 6.07) is 5.76. The molecule has 7 heteroatoms. The molecule has 0 N–H and O–H groups in total. The fraction of sp³-hybridized carbons (Fsp3) is 0.368. The van der Waals surface area contributed by atoms with Gasteiger partial charge in [0.05, 0.1) is 21.3 Å². The van der Waals surface area contributed by atoms with Crippen molar-refractivity contribution in [1.29, 1.82) is 5.26 Å². The Balaban J connectivity index is 1.89. The van der Waals surface area contributed by atoms with Crippen LogP contribution in [-0.4, -0.2) is 39.4 Å². The molecule has 2 aromatic rings. The second-order valence-electron chi connectivity index (χ2n) is 5.80. The highest BCUT2D eigenvalue weighted by Crippen LogP contribution is 2.38. The Morgan fingerprint density at radius 2 is 1.73 bits per heavy atom. The van der Waals surface area contributed by atoms with Gasteiger partial charge in [0.1, 0.15) is 6.07 Å². The number of anilines is 1. The molecule has 0 radical (unpaired) electrons. The number of nitriles is 1. The fourth-order valence-corrected chi connectivity index (χ4v) is 2.97. The summed E-state index contributed by atoms with van der Waals surface area (Å²) in [6.45, 7) is 1.78. The van der Waals surface area contributed by atoms with Crippen molar-refractivity contribution in [3.05, 3.63) is 29.3 Å². The number of methoxy groups -OCH3 is 3. The van der Waals surface area contributed by atoms with Gasteiger partial charge >= 0.3 is 0 Å². The normalized spacial score (nSPS) is 13.8. The van der Waals surface area contributed by atoms with E-state index >= 15 is 0 Å². The van der Waals surface area contributed by atoms with Crippen molar-refractivity contribution in [3.8, 4) is 23.3 Å². The molecular formula is C19H21N3O4. The van der Waals surface area contributed by atoms with Crippen molar-refractivity contribution in [3.63, 3.8) is 0 Å². The van der Waals surface area contributed by atoms with Gasteiger partial charge in [0, 0.05) is 19.2 Å². The lowest BCUT2D eigenvalue weighted by molar-refractivity contribution is 0.324. The van der Waals surface area contributed by atoms with Gasteiger partial charge in [-0.1, -0.05) is 0 Å². The highest BCUT2D eigenvalue weighted by molar-refractivity contribution is 5.71. The summed E-state index contributed by atoms with van der Waals surface area (Å²) in [5, 5.41) is 9.30. The third kappa shape index (κ3) is 3.45. The molecule has 0 bridgehead atoms. The number of aromatic nitrogens is 1. The molecule has 0 amide bonds. The van der Waals surface area contributed by atoms with Gasteiger partial charge < -0.3 is 23.5 Å². The summed E-state index contributed by atoms with van der Waals surface area (Å²) in [5.74, 6) is 2.60. The van der Waals surface area contributed by atoms with Gasteiger partial charge in [-0.25, -0.2) is 0 Å². The lowest BCUT2D eigenvalue weighted by Crippen LogP contribution is -2.17. The number of rotatable bonds is 6. The van der Waals surface area contributed by atoms with E-state index in [-0.39, 0.29) is 0 Å². The van der Waals surface area contributed by atoms with Crippen LogP contribution in [-0.2, 0) is 0 Å². The Kier molecular flexibility index (Phi) is 5.32. The average molecular weight is 355 g/mol. The van der Waals surface area contributed by atoms with E-state index in [0.29, 0.717) is 34.7 Å². The Labute approximate surface area is 152 Å². The Morgan fingerprint density at radius 1 is 1.08 bits per heavy atom. The minimum atomic E-state index is 0.316. The van der Waals surface area contributed by atoms with Crippen molar-refractivity contribution >= 4 is 18.0 Å². The van der Waals surface area contributed by atoms with Crippen LogP contribution in [0.4, 0.5) is 5.88 Å². The second-order valence-corrected chi connectivity index (χ2v) is 5.80. The molecule has 0 spiro atoms. The first kappa shape index (κ1) is 17.7. The van der Waals surface area contributed by atoms with E-state index in [9.17, 15) is 5.26 Å². The predicted molar refractivity (Wildman–Crippen MR) is 97.7 cm³/mol. The van der Waals surface area contributed by atoms with E-state index in [0.717, 1.165) is 31.5 Å². The quantitative estimate of drug-likeness (QED) is 0.786. The molecule has 1 saturated heterocycles. The van der Waals surface area contributed by atoms with Crippen LogP contribution in [0.1, 0.15) is 30.0 Å². The first-order chi connectivity index (χ1) is 12.7. The maximum atomic E-state index is 9.30. The monoisotopic (exact) mass is 355 g/mol. The summed E-state index contributed by atoms with van der Waals surface area (Å²) in [5.41, 5.74) is 1.15. The van der Waals surface area contributed by atoms with Gasteiger partial charge in [-0.2, -0.15) is 10.2 Å². The number of nitrogens with zero attached hydrogens (tertiary/aromatic N) is 3. The Morgan fingerprint density at radius 3 is 2.27 bits per heavy atom. The second kappa shape index (κ2) is 7.83. The van der Waals surface area contributed by atoms with Crippen LogP contribution in [0.2, 0.25) is 0 Å². The summed E-state index contributed by atoms with van der Waals surface area (Å²) in [7, 11) is 4.70. The van der Waals surface area contributed by atoms with Crippen LogP contribution in [0.3, 0.4) is 0 Å². The molecule has 3 rings (SSSR count). The number of ether oxygens (including phenoxy) is 3. The van der Waals surface area contributed by atoms with E-state index in [1.54, 1.807) is 27.4 Å². The molecular weight excluding hydrogens is 334 g/mol. The largest absolute Gasteiger partial charge is 0.493 e. The summed E-state index contributed by atoms with van der Waals surface area (Å²) in [4.78, 5) is 6.32. The first-order valence-electron chi connectivity index (χ1n) is 8.34. The molecule has 7 nitrogen and oxygen atoms in total. The van der Waals surface area contributed by atoms with Crippen molar-refractivity contribution < 1.29 is 18.6 Å². The minimum absolute atomic E-state index is 0.316. The molecule has 0 unspecified atom stereocenters. The van der Waals surface area contributed by atoms with Gasteiger partial charge in [0.2, 0.25) is 23.2 Å². The third-order valence-corrected chi connectivity index (χ3v) is 4.23. The molecule has 1 aromatic heterocycles. The van der Waals surface area contributed by atoms with Gasteiger partial charge in [0.25, 0.3) is 0 Å². The number of oxazole rings is 1.